The van der Waals surface area contributed by atoms with E-state index in [1.165, 1.54) is 10.3 Å². The summed E-state index contributed by atoms with van der Waals surface area (Å²) in [4.78, 5) is 0. The van der Waals surface area contributed by atoms with E-state index < -0.39 is 0 Å². The normalized spacial score (nSPS) is 20.9. The second kappa shape index (κ2) is 4.24. The summed E-state index contributed by atoms with van der Waals surface area (Å²) in [6, 6.07) is 10.1. The molecule has 1 aromatic carbocycles. The Bertz CT molecular complexity index is 321. The molecule has 0 radical (unpaired) electrons. The maximum Gasteiger partial charge on any atom is 0.218 e. The van der Waals surface area contributed by atoms with E-state index >= 15 is 0 Å². The van der Waals surface area contributed by atoms with Crippen LogP contribution in [0.5, 0.6) is 0 Å². The van der Waals surface area contributed by atoms with E-state index in [2.05, 4.69) is 0 Å². The van der Waals surface area contributed by atoms with Gasteiger partial charge in [0.05, 0.1) is 13.0 Å². The maximum absolute atomic E-state index is 9.09. The van der Waals surface area contributed by atoms with Crippen LogP contribution in [-0.4, -0.2) is 28.8 Å². The molecule has 0 aliphatic carbocycles. The van der Waals surface area contributed by atoms with Gasteiger partial charge in [0.15, 0.2) is 6.21 Å². The zero-order chi connectivity index (χ0) is 9.80. The molecule has 3 heteroatoms. The Hall–Kier alpha value is -1.35. The maximum atomic E-state index is 9.09. The van der Waals surface area contributed by atoms with Gasteiger partial charge in [-0.15, -0.1) is 0 Å². The molecule has 1 heterocycles. The molecule has 1 unspecified atom stereocenters. The molecule has 1 atom stereocenters. The molecule has 0 bridgehead atoms. The molecule has 0 saturated carbocycles. The highest BCUT2D eigenvalue weighted by atomic mass is 16.5. The second-order valence-corrected chi connectivity index (χ2v) is 3.46. The predicted octanol–water partition coefficient (Wildman–Crippen LogP) is 1.45. The third kappa shape index (κ3) is 2.33. The van der Waals surface area contributed by atoms with E-state index in [0.717, 1.165) is 6.42 Å². The summed E-state index contributed by atoms with van der Waals surface area (Å²) in [7, 11) is 0. The first-order chi connectivity index (χ1) is 6.84. The van der Waals surface area contributed by atoms with Gasteiger partial charge >= 0.3 is 0 Å². The molecule has 2 rings (SSSR count). The molecular weight excluding hydrogens is 178 g/mol. The van der Waals surface area contributed by atoms with Crippen molar-refractivity contribution in [1.29, 1.82) is 0 Å². The summed E-state index contributed by atoms with van der Waals surface area (Å²) in [5, 5.41) is 9.09. The average Bonchev–Trinajstić information content (AvgIpc) is 2.63. The summed E-state index contributed by atoms with van der Waals surface area (Å²) in [6.07, 6.45) is 2.67. The van der Waals surface area contributed by atoms with Gasteiger partial charge in [-0.2, -0.15) is 0 Å². The van der Waals surface area contributed by atoms with Gasteiger partial charge in [0.25, 0.3) is 0 Å². The fraction of sp³-hybridized carbons (Fsp3) is 0.364. The summed E-state index contributed by atoms with van der Waals surface area (Å²) in [6.45, 7) is 1.19. The quantitative estimate of drug-likeness (QED) is 0.580. The van der Waals surface area contributed by atoms with Crippen molar-refractivity contribution in [3.8, 4) is 0 Å². The van der Waals surface area contributed by atoms with Crippen LogP contribution in [0.2, 0.25) is 0 Å². The van der Waals surface area contributed by atoms with Crippen LogP contribution in [0.15, 0.2) is 30.3 Å². The summed E-state index contributed by atoms with van der Waals surface area (Å²) < 4.78 is 6.82. The zero-order valence-corrected chi connectivity index (χ0v) is 7.97. The van der Waals surface area contributed by atoms with E-state index in [9.17, 15) is 0 Å². The monoisotopic (exact) mass is 192 g/mol. The number of ether oxygens (including phenoxy) is 1. The number of hydrogen-bond donors (Lipinski definition) is 1. The third-order valence-corrected chi connectivity index (χ3v) is 2.30. The van der Waals surface area contributed by atoms with Gasteiger partial charge in [-0.05, 0) is 10.3 Å². The minimum Gasteiger partial charge on any atom is -0.366 e. The van der Waals surface area contributed by atoms with Crippen molar-refractivity contribution in [2.75, 3.05) is 6.54 Å². The first kappa shape index (κ1) is 9.21. The van der Waals surface area contributed by atoms with Gasteiger partial charge in [0.2, 0.25) is 6.54 Å². The lowest BCUT2D eigenvalue weighted by Gasteiger charge is -2.07. The zero-order valence-electron chi connectivity index (χ0n) is 7.97. The fourth-order valence-corrected chi connectivity index (χ4v) is 1.51. The largest absolute Gasteiger partial charge is 0.366 e. The molecule has 0 saturated heterocycles. The summed E-state index contributed by atoms with van der Waals surface area (Å²) >= 11 is 0. The molecule has 0 spiro atoms. The van der Waals surface area contributed by atoms with Gasteiger partial charge in [0.1, 0.15) is 6.10 Å². The first-order valence-corrected chi connectivity index (χ1v) is 4.79. The van der Waals surface area contributed by atoms with Crippen molar-refractivity contribution in [3.63, 3.8) is 0 Å². The van der Waals surface area contributed by atoms with Crippen LogP contribution in [0.25, 0.3) is 0 Å². The van der Waals surface area contributed by atoms with E-state index in [0.29, 0.717) is 13.2 Å². The van der Waals surface area contributed by atoms with Crippen molar-refractivity contribution in [2.45, 2.75) is 19.1 Å². The lowest BCUT2D eigenvalue weighted by Crippen LogP contribution is -2.17. The molecule has 1 aromatic rings. The first-order valence-electron chi connectivity index (χ1n) is 4.79. The third-order valence-electron chi connectivity index (χ3n) is 2.30. The minimum atomic E-state index is 0.125. The molecule has 1 N–H and O–H groups in total. The molecule has 0 aromatic heterocycles. The molecule has 3 nitrogen and oxygen atoms in total. The lowest BCUT2D eigenvalue weighted by molar-refractivity contribution is -0.769. The molecule has 1 aliphatic heterocycles. The van der Waals surface area contributed by atoms with Crippen molar-refractivity contribution in [2.24, 2.45) is 0 Å². The Morgan fingerprint density at radius 3 is 2.79 bits per heavy atom. The number of hydroxylamine groups is 1. The van der Waals surface area contributed by atoms with E-state index in [-0.39, 0.29) is 6.10 Å². The highest BCUT2D eigenvalue weighted by molar-refractivity contribution is 5.53. The summed E-state index contributed by atoms with van der Waals surface area (Å²) in [5.41, 5.74) is 1.17. The highest BCUT2D eigenvalue weighted by Crippen LogP contribution is 2.08. The molecule has 14 heavy (non-hydrogen) atoms. The van der Waals surface area contributed by atoms with Crippen molar-refractivity contribution in [1.82, 2.24) is 0 Å². The number of benzene rings is 1. The number of rotatable bonds is 3. The SMILES string of the molecule is O[N+]1=CCC(OCc2ccccc2)C1. The van der Waals surface area contributed by atoms with Crippen LogP contribution in [0.1, 0.15) is 12.0 Å². The lowest BCUT2D eigenvalue weighted by atomic mass is 10.2. The summed E-state index contributed by atoms with van der Waals surface area (Å²) in [5.74, 6) is 0. The Morgan fingerprint density at radius 2 is 2.14 bits per heavy atom. The topological polar surface area (TPSA) is 32.5 Å². The van der Waals surface area contributed by atoms with Crippen LogP contribution < -0.4 is 0 Å². The van der Waals surface area contributed by atoms with Crippen molar-refractivity contribution >= 4 is 6.21 Å². The Labute approximate surface area is 83.2 Å². The molecule has 74 valence electrons. The number of nitrogens with zero attached hydrogens (tertiary/aromatic N) is 1. The smallest absolute Gasteiger partial charge is 0.218 e. The van der Waals surface area contributed by atoms with Gasteiger partial charge in [0, 0.05) is 0 Å². The second-order valence-electron chi connectivity index (χ2n) is 3.46. The predicted molar refractivity (Wildman–Crippen MR) is 52.6 cm³/mol. The van der Waals surface area contributed by atoms with Gasteiger partial charge < -0.3 is 4.74 Å². The van der Waals surface area contributed by atoms with Crippen molar-refractivity contribution < 1.29 is 14.7 Å². The fourth-order valence-electron chi connectivity index (χ4n) is 1.51. The van der Waals surface area contributed by atoms with Crippen LogP contribution in [0, 0.1) is 0 Å². The molecular formula is C11H14NO2+. The van der Waals surface area contributed by atoms with E-state index in [4.69, 9.17) is 9.94 Å². The van der Waals surface area contributed by atoms with Gasteiger partial charge in [-0.1, -0.05) is 30.3 Å². The number of hydrogen-bond acceptors (Lipinski definition) is 2. The Morgan fingerprint density at radius 1 is 1.36 bits per heavy atom. The van der Waals surface area contributed by atoms with Crippen molar-refractivity contribution in [3.05, 3.63) is 35.9 Å². The Kier molecular flexibility index (Phi) is 2.79. The standard InChI is InChI=1S/C11H14NO2/c13-12-7-6-11(8-12)14-9-10-4-2-1-3-5-10/h1-5,7,11,13H,6,8-9H2/q+1. The average molecular weight is 192 g/mol. The van der Waals surface area contributed by atoms with Crippen LogP contribution >= 0.6 is 0 Å². The van der Waals surface area contributed by atoms with E-state index in [1.807, 2.05) is 30.3 Å². The Balaban J connectivity index is 1.79. The van der Waals surface area contributed by atoms with Crippen LogP contribution in [0.3, 0.4) is 0 Å². The van der Waals surface area contributed by atoms with E-state index in [1.54, 1.807) is 6.21 Å². The van der Waals surface area contributed by atoms with Crippen LogP contribution in [-0.2, 0) is 11.3 Å². The molecule has 0 fully saturated rings. The molecule has 1 aliphatic rings. The van der Waals surface area contributed by atoms with Gasteiger partial charge in [-0.25, -0.2) is 0 Å². The minimum absolute atomic E-state index is 0.125. The van der Waals surface area contributed by atoms with Crippen LogP contribution in [0.4, 0.5) is 0 Å². The highest BCUT2D eigenvalue weighted by Gasteiger charge is 2.23. The molecule has 0 amide bonds. The van der Waals surface area contributed by atoms with Gasteiger partial charge in [-0.3, -0.25) is 5.21 Å².